The van der Waals surface area contributed by atoms with Crippen molar-refractivity contribution in [1.82, 2.24) is 20.1 Å². The number of likely N-dealkylation sites (tertiary alicyclic amines) is 1. The Kier molecular flexibility index (Phi) is 4.82. The molecule has 2 aromatic rings. The van der Waals surface area contributed by atoms with Gasteiger partial charge in [0, 0.05) is 6.54 Å². The zero-order chi connectivity index (χ0) is 20.0. The first-order valence-corrected chi connectivity index (χ1v) is 11.6. The Morgan fingerprint density at radius 1 is 1.17 bits per heavy atom. The standard InChI is InChI=1S/C22H28N4O2S/c1-15-8-4-6-12-22(15)20(27)26(21(28)24-22)14-25-13-7-5-10-17(25)19-23-16-9-2-3-11-18(16)29-19/h2-3,9,11,15,17H,4-8,10,12-14H2,1H3,(H,24,28)/t15-,17-,22+/m1/s1. The van der Waals surface area contributed by atoms with E-state index in [1.807, 2.05) is 18.2 Å². The van der Waals surface area contributed by atoms with Gasteiger partial charge in [-0.15, -0.1) is 11.3 Å². The topological polar surface area (TPSA) is 65.5 Å². The molecule has 0 bridgehead atoms. The van der Waals surface area contributed by atoms with Crippen molar-refractivity contribution in [2.24, 2.45) is 5.92 Å². The van der Waals surface area contributed by atoms with E-state index in [1.54, 1.807) is 11.3 Å². The van der Waals surface area contributed by atoms with Crippen molar-refractivity contribution in [3.8, 4) is 0 Å². The van der Waals surface area contributed by atoms with Crippen molar-refractivity contribution in [3.63, 3.8) is 0 Å². The number of amides is 3. The zero-order valence-electron chi connectivity index (χ0n) is 16.9. The molecule has 3 aliphatic rings. The predicted molar refractivity (Wildman–Crippen MR) is 114 cm³/mol. The molecule has 1 aromatic heterocycles. The normalized spacial score (nSPS) is 31.0. The summed E-state index contributed by atoms with van der Waals surface area (Å²) in [4.78, 5) is 34.8. The summed E-state index contributed by atoms with van der Waals surface area (Å²) < 4.78 is 1.19. The second-order valence-corrected chi connectivity index (χ2v) is 9.83. The van der Waals surface area contributed by atoms with Crippen molar-refractivity contribution < 1.29 is 9.59 Å². The van der Waals surface area contributed by atoms with E-state index in [-0.39, 0.29) is 23.9 Å². The SMILES string of the molecule is C[C@@H]1CCCC[C@]12NC(=O)N(CN1CCCC[C@@H]1c1nc3ccccc3s1)C2=O. The molecule has 1 N–H and O–H groups in total. The minimum Gasteiger partial charge on any atom is -0.323 e. The lowest BCUT2D eigenvalue weighted by atomic mass is 9.73. The molecule has 0 radical (unpaired) electrons. The van der Waals surface area contributed by atoms with Crippen LogP contribution < -0.4 is 5.32 Å². The molecule has 2 saturated heterocycles. The van der Waals surface area contributed by atoms with Crippen LogP contribution in [0.2, 0.25) is 0 Å². The molecule has 5 rings (SSSR count). The number of imide groups is 1. The summed E-state index contributed by atoms with van der Waals surface area (Å²) in [7, 11) is 0. The molecule has 1 spiro atoms. The van der Waals surface area contributed by atoms with E-state index >= 15 is 0 Å². The first-order valence-electron chi connectivity index (χ1n) is 10.8. The van der Waals surface area contributed by atoms with Crippen molar-refractivity contribution in [3.05, 3.63) is 29.3 Å². The van der Waals surface area contributed by atoms with Crippen LogP contribution in [-0.4, -0.2) is 45.5 Å². The van der Waals surface area contributed by atoms with Gasteiger partial charge in [-0.3, -0.25) is 9.69 Å². The Balaban J connectivity index is 1.39. The minimum atomic E-state index is -0.684. The van der Waals surface area contributed by atoms with Gasteiger partial charge in [-0.05, 0) is 43.7 Å². The number of fused-ring (bicyclic) bond motifs is 1. The van der Waals surface area contributed by atoms with Gasteiger partial charge in [0.05, 0.1) is 22.9 Å². The van der Waals surface area contributed by atoms with Crippen LogP contribution in [-0.2, 0) is 4.79 Å². The summed E-state index contributed by atoms with van der Waals surface area (Å²) in [6.45, 7) is 3.35. The van der Waals surface area contributed by atoms with Crippen LogP contribution in [0.4, 0.5) is 4.79 Å². The number of hydrogen-bond donors (Lipinski definition) is 1. The smallest absolute Gasteiger partial charge is 0.323 e. The van der Waals surface area contributed by atoms with E-state index in [4.69, 9.17) is 4.98 Å². The Morgan fingerprint density at radius 2 is 2.00 bits per heavy atom. The van der Waals surface area contributed by atoms with E-state index in [2.05, 4.69) is 23.2 Å². The molecule has 3 amide bonds. The third-order valence-electron chi connectivity index (χ3n) is 7.03. The van der Waals surface area contributed by atoms with E-state index in [0.717, 1.165) is 62.0 Å². The fourth-order valence-electron chi connectivity index (χ4n) is 5.28. The van der Waals surface area contributed by atoms with E-state index in [1.165, 1.54) is 9.60 Å². The molecule has 2 aliphatic heterocycles. The number of rotatable bonds is 3. The van der Waals surface area contributed by atoms with E-state index in [9.17, 15) is 9.59 Å². The lowest BCUT2D eigenvalue weighted by Crippen LogP contribution is -2.54. The highest BCUT2D eigenvalue weighted by Crippen LogP contribution is 2.40. The van der Waals surface area contributed by atoms with Crippen LogP contribution >= 0.6 is 11.3 Å². The number of nitrogens with one attached hydrogen (secondary N) is 1. The van der Waals surface area contributed by atoms with E-state index < -0.39 is 5.54 Å². The summed E-state index contributed by atoms with van der Waals surface area (Å²) in [5.41, 5.74) is 0.347. The van der Waals surface area contributed by atoms with Gasteiger partial charge in [0.1, 0.15) is 10.5 Å². The molecule has 154 valence electrons. The van der Waals surface area contributed by atoms with Crippen molar-refractivity contribution >= 4 is 33.5 Å². The summed E-state index contributed by atoms with van der Waals surface area (Å²) >= 11 is 1.73. The lowest BCUT2D eigenvalue weighted by Gasteiger charge is -2.38. The molecule has 1 aromatic carbocycles. The zero-order valence-corrected chi connectivity index (χ0v) is 17.7. The van der Waals surface area contributed by atoms with Crippen molar-refractivity contribution in [2.75, 3.05) is 13.2 Å². The number of nitrogens with zero attached hydrogens (tertiary/aromatic N) is 3. The number of para-hydroxylation sites is 1. The van der Waals surface area contributed by atoms with Gasteiger partial charge in [0.25, 0.3) is 5.91 Å². The lowest BCUT2D eigenvalue weighted by molar-refractivity contribution is -0.136. The number of carbonyl (C=O) groups excluding carboxylic acids is 2. The Labute approximate surface area is 175 Å². The Bertz CT molecular complexity index is 911. The van der Waals surface area contributed by atoms with Crippen LogP contribution in [0, 0.1) is 5.92 Å². The molecule has 29 heavy (non-hydrogen) atoms. The maximum atomic E-state index is 13.4. The first kappa shape index (κ1) is 19.0. The number of thiazole rings is 1. The fourth-order valence-corrected chi connectivity index (χ4v) is 6.42. The highest BCUT2D eigenvalue weighted by Gasteiger charge is 2.55. The molecule has 6 nitrogen and oxygen atoms in total. The highest BCUT2D eigenvalue weighted by molar-refractivity contribution is 7.18. The number of aromatic nitrogens is 1. The maximum absolute atomic E-state index is 13.4. The van der Waals surface area contributed by atoms with Crippen molar-refractivity contribution in [2.45, 2.75) is 63.5 Å². The quantitative estimate of drug-likeness (QED) is 0.764. The van der Waals surface area contributed by atoms with Crippen LogP contribution in [0.3, 0.4) is 0 Å². The van der Waals surface area contributed by atoms with Gasteiger partial charge in [-0.25, -0.2) is 14.7 Å². The molecular weight excluding hydrogens is 384 g/mol. The molecule has 0 unspecified atom stereocenters. The van der Waals surface area contributed by atoms with Crippen LogP contribution in [0.1, 0.15) is 62.9 Å². The summed E-state index contributed by atoms with van der Waals surface area (Å²) in [6, 6.07) is 8.16. The number of benzene rings is 1. The molecule has 7 heteroatoms. The predicted octanol–water partition coefficient (Wildman–Crippen LogP) is 4.28. The fraction of sp³-hybridized carbons (Fsp3) is 0.591. The summed E-state index contributed by atoms with van der Waals surface area (Å²) in [5.74, 6) is 0.169. The third-order valence-corrected chi connectivity index (χ3v) is 8.17. The second kappa shape index (κ2) is 7.36. The summed E-state index contributed by atoms with van der Waals surface area (Å²) in [5, 5.41) is 4.18. The van der Waals surface area contributed by atoms with E-state index in [0.29, 0.717) is 6.67 Å². The van der Waals surface area contributed by atoms with Gasteiger partial charge in [0.15, 0.2) is 0 Å². The third kappa shape index (κ3) is 3.15. The Morgan fingerprint density at radius 3 is 2.83 bits per heavy atom. The number of carbonyl (C=O) groups is 2. The highest BCUT2D eigenvalue weighted by atomic mass is 32.1. The number of piperidine rings is 1. The Hall–Kier alpha value is -1.99. The van der Waals surface area contributed by atoms with Crippen LogP contribution in [0.15, 0.2) is 24.3 Å². The first-order chi connectivity index (χ1) is 14.1. The van der Waals surface area contributed by atoms with Crippen LogP contribution in [0.5, 0.6) is 0 Å². The molecule has 3 heterocycles. The van der Waals surface area contributed by atoms with Crippen molar-refractivity contribution in [1.29, 1.82) is 0 Å². The van der Waals surface area contributed by atoms with Gasteiger partial charge in [0.2, 0.25) is 0 Å². The average molecular weight is 413 g/mol. The molecule has 1 aliphatic carbocycles. The summed E-state index contributed by atoms with van der Waals surface area (Å²) in [6.07, 6.45) is 7.16. The molecule has 3 atom stereocenters. The second-order valence-electron chi connectivity index (χ2n) is 8.77. The van der Waals surface area contributed by atoms with Gasteiger partial charge in [-0.2, -0.15) is 0 Å². The monoisotopic (exact) mass is 412 g/mol. The van der Waals surface area contributed by atoms with Gasteiger partial charge >= 0.3 is 6.03 Å². The number of hydrogen-bond acceptors (Lipinski definition) is 5. The van der Waals surface area contributed by atoms with Crippen LogP contribution in [0.25, 0.3) is 10.2 Å². The molecule has 3 fully saturated rings. The number of urea groups is 1. The molecule has 1 saturated carbocycles. The largest absolute Gasteiger partial charge is 0.326 e. The van der Waals surface area contributed by atoms with Gasteiger partial charge < -0.3 is 5.32 Å². The average Bonchev–Trinajstić information content (AvgIpc) is 3.26. The minimum absolute atomic E-state index is 0.0247. The van der Waals surface area contributed by atoms with Gasteiger partial charge in [-0.1, -0.05) is 38.3 Å². The maximum Gasteiger partial charge on any atom is 0.326 e. The molecular formula is C22H28N4O2S.